The molecular formula is C21H22N2O6. The van der Waals surface area contributed by atoms with Crippen LogP contribution in [0.4, 0.5) is 0 Å². The van der Waals surface area contributed by atoms with E-state index in [1.54, 1.807) is 24.3 Å². The topological polar surface area (TPSA) is 105 Å². The molecule has 1 aliphatic heterocycles. The predicted octanol–water partition coefficient (Wildman–Crippen LogP) is 1.91. The molecule has 0 aliphatic carbocycles. The minimum atomic E-state index is -1.08. The highest BCUT2D eigenvalue weighted by Gasteiger charge is 2.39. The summed E-state index contributed by atoms with van der Waals surface area (Å²) in [5.74, 6) is -0.717. The number of carbonyl (C=O) groups excluding carboxylic acids is 2. The van der Waals surface area contributed by atoms with Crippen molar-refractivity contribution >= 4 is 17.8 Å². The van der Waals surface area contributed by atoms with Crippen LogP contribution in [0, 0.1) is 0 Å². The first-order valence-corrected chi connectivity index (χ1v) is 9.14. The van der Waals surface area contributed by atoms with Crippen LogP contribution in [0.5, 0.6) is 11.5 Å². The molecule has 1 saturated heterocycles. The summed E-state index contributed by atoms with van der Waals surface area (Å²) in [7, 11) is 1.48. The SMILES string of the molecule is CO[C@@H]1C[C@@H](C(=O)O)N(C(=O)CNC(=O)c2ccc(Oc3ccccc3)cc2)C1. The number of likely N-dealkylation sites (tertiary alicyclic amines) is 1. The van der Waals surface area contributed by atoms with E-state index in [1.807, 2.05) is 30.3 Å². The van der Waals surface area contributed by atoms with Crippen molar-refractivity contribution in [2.24, 2.45) is 0 Å². The summed E-state index contributed by atoms with van der Waals surface area (Å²) in [6.45, 7) is -0.102. The Morgan fingerprint density at radius 3 is 2.34 bits per heavy atom. The molecule has 2 aromatic rings. The van der Waals surface area contributed by atoms with Gasteiger partial charge in [-0.05, 0) is 36.4 Å². The number of carbonyl (C=O) groups is 3. The molecule has 1 aliphatic rings. The van der Waals surface area contributed by atoms with E-state index in [9.17, 15) is 19.5 Å². The van der Waals surface area contributed by atoms with Gasteiger partial charge in [0, 0.05) is 25.6 Å². The Labute approximate surface area is 168 Å². The molecule has 2 aromatic carbocycles. The molecule has 2 atom stereocenters. The van der Waals surface area contributed by atoms with Crippen LogP contribution in [0.25, 0.3) is 0 Å². The Bertz CT molecular complexity index is 868. The average molecular weight is 398 g/mol. The Balaban J connectivity index is 1.55. The van der Waals surface area contributed by atoms with Crippen molar-refractivity contribution < 1.29 is 29.0 Å². The lowest BCUT2D eigenvalue weighted by Gasteiger charge is -2.21. The van der Waals surface area contributed by atoms with Crippen molar-refractivity contribution in [3.63, 3.8) is 0 Å². The highest BCUT2D eigenvalue weighted by molar-refractivity contribution is 5.97. The van der Waals surface area contributed by atoms with Gasteiger partial charge in [-0.1, -0.05) is 18.2 Å². The lowest BCUT2D eigenvalue weighted by atomic mass is 10.2. The number of rotatable bonds is 7. The maximum absolute atomic E-state index is 12.4. The van der Waals surface area contributed by atoms with Gasteiger partial charge in [0.15, 0.2) is 0 Å². The summed E-state index contributed by atoms with van der Waals surface area (Å²) in [6.07, 6.45) is -0.0955. The molecule has 1 heterocycles. The molecule has 29 heavy (non-hydrogen) atoms. The zero-order valence-corrected chi connectivity index (χ0v) is 15.9. The van der Waals surface area contributed by atoms with Gasteiger partial charge in [0.25, 0.3) is 5.91 Å². The van der Waals surface area contributed by atoms with Crippen molar-refractivity contribution in [3.05, 3.63) is 60.2 Å². The summed E-state index contributed by atoms with van der Waals surface area (Å²) < 4.78 is 10.8. The normalized spacial score (nSPS) is 18.3. The van der Waals surface area contributed by atoms with Crippen molar-refractivity contribution in [2.75, 3.05) is 20.2 Å². The third-order valence-corrected chi connectivity index (χ3v) is 4.70. The molecule has 2 amide bonds. The van der Waals surface area contributed by atoms with E-state index >= 15 is 0 Å². The van der Waals surface area contributed by atoms with Gasteiger partial charge >= 0.3 is 5.97 Å². The number of ether oxygens (including phenoxy) is 2. The molecule has 0 saturated carbocycles. The summed E-state index contributed by atoms with van der Waals surface area (Å²) in [5.41, 5.74) is 0.365. The van der Waals surface area contributed by atoms with Gasteiger partial charge in [-0.2, -0.15) is 0 Å². The van der Waals surface area contributed by atoms with Crippen molar-refractivity contribution in [1.29, 1.82) is 0 Å². The standard InChI is InChI=1S/C21H22N2O6/c1-28-17-11-18(21(26)27)23(13-17)19(24)12-22-20(25)14-7-9-16(10-8-14)29-15-5-3-2-4-6-15/h2-10,17-18H,11-13H2,1H3,(H,22,25)(H,26,27)/t17-,18+/m1/s1. The van der Waals surface area contributed by atoms with E-state index in [4.69, 9.17) is 9.47 Å². The van der Waals surface area contributed by atoms with Crippen LogP contribution in [0.3, 0.4) is 0 Å². The number of methoxy groups -OCH3 is 1. The second kappa shape index (κ2) is 9.20. The van der Waals surface area contributed by atoms with E-state index in [-0.39, 0.29) is 25.6 Å². The molecule has 152 valence electrons. The first-order valence-electron chi connectivity index (χ1n) is 9.14. The highest BCUT2D eigenvalue weighted by atomic mass is 16.5. The molecule has 3 rings (SSSR count). The number of benzene rings is 2. The fourth-order valence-electron chi connectivity index (χ4n) is 3.14. The largest absolute Gasteiger partial charge is 0.480 e. The van der Waals surface area contributed by atoms with Gasteiger partial charge in [-0.3, -0.25) is 9.59 Å². The number of amides is 2. The van der Waals surface area contributed by atoms with Gasteiger partial charge in [-0.25, -0.2) is 4.79 Å². The lowest BCUT2D eigenvalue weighted by Crippen LogP contribution is -2.45. The predicted molar refractivity (Wildman–Crippen MR) is 104 cm³/mol. The van der Waals surface area contributed by atoms with Crippen LogP contribution in [-0.4, -0.2) is 60.1 Å². The summed E-state index contributed by atoms with van der Waals surface area (Å²) >= 11 is 0. The molecule has 8 nitrogen and oxygen atoms in total. The average Bonchev–Trinajstić information content (AvgIpc) is 3.18. The number of para-hydroxylation sites is 1. The second-order valence-electron chi connectivity index (χ2n) is 6.62. The molecule has 0 bridgehead atoms. The van der Waals surface area contributed by atoms with E-state index in [2.05, 4.69) is 5.32 Å². The summed E-state index contributed by atoms with van der Waals surface area (Å²) in [5, 5.41) is 11.8. The van der Waals surface area contributed by atoms with Gasteiger partial charge in [0.1, 0.15) is 17.5 Å². The highest BCUT2D eigenvalue weighted by Crippen LogP contribution is 2.22. The van der Waals surface area contributed by atoms with Crippen LogP contribution in [0.15, 0.2) is 54.6 Å². The quantitative estimate of drug-likeness (QED) is 0.738. The van der Waals surface area contributed by atoms with Crippen LogP contribution < -0.4 is 10.1 Å². The van der Waals surface area contributed by atoms with Crippen molar-refractivity contribution in [3.8, 4) is 11.5 Å². The third-order valence-electron chi connectivity index (χ3n) is 4.70. The zero-order valence-electron chi connectivity index (χ0n) is 15.9. The van der Waals surface area contributed by atoms with Gasteiger partial charge in [0.05, 0.1) is 12.6 Å². The van der Waals surface area contributed by atoms with Gasteiger partial charge < -0.3 is 24.8 Å². The number of hydrogen-bond acceptors (Lipinski definition) is 5. The van der Waals surface area contributed by atoms with E-state index in [0.717, 1.165) is 0 Å². The van der Waals surface area contributed by atoms with Gasteiger partial charge in [0.2, 0.25) is 5.91 Å². The first-order chi connectivity index (χ1) is 14.0. The molecular weight excluding hydrogens is 376 g/mol. The molecule has 8 heteroatoms. The monoisotopic (exact) mass is 398 g/mol. The summed E-state index contributed by atoms with van der Waals surface area (Å²) in [4.78, 5) is 37.3. The summed E-state index contributed by atoms with van der Waals surface area (Å²) in [6, 6.07) is 14.8. The third kappa shape index (κ3) is 5.11. The molecule has 1 fully saturated rings. The number of aliphatic carboxylic acids is 1. The maximum Gasteiger partial charge on any atom is 0.326 e. The number of carboxylic acids is 1. The molecule has 0 unspecified atom stereocenters. The Hall–Kier alpha value is -3.39. The van der Waals surface area contributed by atoms with E-state index in [1.165, 1.54) is 12.0 Å². The fourth-order valence-corrected chi connectivity index (χ4v) is 3.14. The van der Waals surface area contributed by atoms with E-state index < -0.39 is 23.8 Å². The van der Waals surface area contributed by atoms with Crippen LogP contribution in [0.2, 0.25) is 0 Å². The maximum atomic E-state index is 12.4. The van der Waals surface area contributed by atoms with Gasteiger partial charge in [-0.15, -0.1) is 0 Å². The number of nitrogens with one attached hydrogen (secondary N) is 1. The molecule has 0 aromatic heterocycles. The number of nitrogens with zero attached hydrogens (tertiary/aromatic N) is 1. The molecule has 0 spiro atoms. The molecule has 2 N–H and O–H groups in total. The van der Waals surface area contributed by atoms with Crippen LogP contribution in [-0.2, 0) is 14.3 Å². The Kier molecular flexibility index (Phi) is 6.46. The Morgan fingerprint density at radius 1 is 1.07 bits per heavy atom. The lowest BCUT2D eigenvalue weighted by molar-refractivity contribution is -0.147. The second-order valence-corrected chi connectivity index (χ2v) is 6.62. The first kappa shape index (κ1) is 20.3. The Morgan fingerprint density at radius 2 is 1.72 bits per heavy atom. The molecule has 0 radical (unpaired) electrons. The van der Waals surface area contributed by atoms with Crippen LogP contribution >= 0.6 is 0 Å². The van der Waals surface area contributed by atoms with Crippen LogP contribution in [0.1, 0.15) is 16.8 Å². The van der Waals surface area contributed by atoms with E-state index in [0.29, 0.717) is 17.1 Å². The zero-order chi connectivity index (χ0) is 20.8. The fraction of sp³-hybridized carbons (Fsp3) is 0.286. The smallest absolute Gasteiger partial charge is 0.326 e. The van der Waals surface area contributed by atoms with Crippen molar-refractivity contribution in [2.45, 2.75) is 18.6 Å². The van der Waals surface area contributed by atoms with Crippen molar-refractivity contribution in [1.82, 2.24) is 10.2 Å². The minimum absolute atomic E-state index is 0.188. The number of hydrogen-bond donors (Lipinski definition) is 2. The minimum Gasteiger partial charge on any atom is -0.480 e. The number of carboxylic acid groups (broad SMARTS) is 1.